The molecule has 22 heavy (non-hydrogen) atoms. The minimum atomic E-state index is 0.248. The molecule has 0 unspecified atom stereocenters. The van der Waals surface area contributed by atoms with E-state index in [0.717, 1.165) is 24.2 Å². The second-order valence-corrected chi connectivity index (χ2v) is 7.46. The number of nitrogens with one attached hydrogen (secondary N) is 1. The molecule has 1 amide bonds. The number of H-pyrrole nitrogens is 1. The van der Waals surface area contributed by atoms with Gasteiger partial charge >= 0.3 is 0 Å². The van der Waals surface area contributed by atoms with Crippen LogP contribution < -0.4 is 0 Å². The number of carbonyl (C=O) groups excluding carboxylic acids is 1. The molecular weight excluding hydrogens is 294 g/mol. The van der Waals surface area contributed by atoms with Gasteiger partial charge in [0, 0.05) is 11.5 Å². The van der Waals surface area contributed by atoms with Gasteiger partial charge in [0.25, 0.3) is 0 Å². The number of aromatic amines is 1. The molecule has 2 aromatic rings. The molecule has 1 N–H and O–H groups in total. The summed E-state index contributed by atoms with van der Waals surface area (Å²) in [7, 11) is 0. The quantitative estimate of drug-likeness (QED) is 0.914. The van der Waals surface area contributed by atoms with Crippen molar-refractivity contribution in [1.82, 2.24) is 15.1 Å². The van der Waals surface area contributed by atoms with Crippen LogP contribution in [0.25, 0.3) is 10.6 Å². The zero-order chi connectivity index (χ0) is 15.1. The average molecular weight is 315 g/mol. The maximum atomic E-state index is 12.7. The highest BCUT2D eigenvalue weighted by atomic mass is 32.1. The van der Waals surface area contributed by atoms with Crippen molar-refractivity contribution < 1.29 is 4.79 Å². The lowest BCUT2D eigenvalue weighted by molar-refractivity contribution is -0.137. The normalized spacial score (nSPS) is 18.7. The molecule has 4 rings (SSSR count). The van der Waals surface area contributed by atoms with Crippen molar-refractivity contribution in [2.24, 2.45) is 5.92 Å². The summed E-state index contributed by atoms with van der Waals surface area (Å²) in [5, 5.41) is 9.77. The van der Waals surface area contributed by atoms with Crippen LogP contribution in [0.2, 0.25) is 0 Å². The van der Waals surface area contributed by atoms with Crippen molar-refractivity contribution >= 4 is 17.2 Å². The smallest absolute Gasteiger partial charge is 0.226 e. The minimum Gasteiger partial charge on any atom is -0.332 e. The molecule has 0 radical (unpaired) electrons. The van der Waals surface area contributed by atoms with Crippen molar-refractivity contribution in [3.05, 3.63) is 28.3 Å². The number of fused-ring (bicyclic) bond motifs is 1. The van der Waals surface area contributed by atoms with Gasteiger partial charge in [0.05, 0.1) is 23.7 Å². The fourth-order valence-electron chi connectivity index (χ4n) is 3.66. The van der Waals surface area contributed by atoms with E-state index >= 15 is 0 Å². The zero-order valence-electron chi connectivity index (χ0n) is 12.9. The fraction of sp³-hybridized carbons (Fsp3) is 0.529. The molecule has 0 spiro atoms. The van der Waals surface area contributed by atoms with Gasteiger partial charge in [0.2, 0.25) is 5.91 Å². The van der Waals surface area contributed by atoms with Crippen molar-refractivity contribution in [2.75, 3.05) is 0 Å². The van der Waals surface area contributed by atoms with Gasteiger partial charge < -0.3 is 4.90 Å². The van der Waals surface area contributed by atoms with E-state index < -0.39 is 0 Å². The van der Waals surface area contributed by atoms with E-state index in [0.29, 0.717) is 19.0 Å². The number of amides is 1. The lowest BCUT2D eigenvalue weighted by Crippen LogP contribution is -2.33. The van der Waals surface area contributed by atoms with Crippen LogP contribution in [0.15, 0.2) is 11.4 Å². The van der Waals surface area contributed by atoms with Crippen LogP contribution in [0.1, 0.15) is 48.9 Å². The van der Waals surface area contributed by atoms with Gasteiger partial charge in [-0.2, -0.15) is 5.10 Å². The summed E-state index contributed by atoms with van der Waals surface area (Å²) in [6.07, 6.45) is 5.83. The summed E-state index contributed by atoms with van der Waals surface area (Å²) >= 11 is 1.73. The van der Waals surface area contributed by atoms with Crippen LogP contribution in [0.4, 0.5) is 0 Å². The van der Waals surface area contributed by atoms with Gasteiger partial charge in [0.1, 0.15) is 5.69 Å². The van der Waals surface area contributed by atoms with Gasteiger partial charge in [-0.3, -0.25) is 9.89 Å². The molecule has 2 aliphatic rings. The second kappa shape index (κ2) is 5.54. The number of rotatable bonds is 2. The maximum absolute atomic E-state index is 12.7. The molecule has 4 nitrogen and oxygen atoms in total. The van der Waals surface area contributed by atoms with E-state index in [-0.39, 0.29) is 5.92 Å². The average Bonchev–Trinajstić information content (AvgIpc) is 3.22. The summed E-state index contributed by atoms with van der Waals surface area (Å²) in [5.41, 5.74) is 4.63. The van der Waals surface area contributed by atoms with Crippen LogP contribution in [0.5, 0.6) is 0 Å². The van der Waals surface area contributed by atoms with Gasteiger partial charge in [-0.1, -0.05) is 19.3 Å². The van der Waals surface area contributed by atoms with Crippen LogP contribution in [-0.2, 0) is 17.9 Å². The first-order valence-corrected chi connectivity index (χ1v) is 9.01. The Labute approximate surface area is 134 Å². The Hall–Kier alpha value is -1.62. The highest BCUT2D eigenvalue weighted by molar-refractivity contribution is 7.13. The largest absolute Gasteiger partial charge is 0.332 e. The minimum absolute atomic E-state index is 0.248. The third kappa shape index (κ3) is 2.37. The summed E-state index contributed by atoms with van der Waals surface area (Å²) in [6.45, 7) is 3.52. The van der Waals surface area contributed by atoms with E-state index in [1.165, 1.54) is 35.3 Å². The number of hydrogen-bond acceptors (Lipinski definition) is 3. The second-order valence-electron chi connectivity index (χ2n) is 6.55. The van der Waals surface area contributed by atoms with Gasteiger partial charge in [-0.15, -0.1) is 11.3 Å². The Morgan fingerprint density at radius 2 is 2.14 bits per heavy atom. The molecule has 0 atom stereocenters. The van der Waals surface area contributed by atoms with E-state index in [4.69, 9.17) is 0 Å². The van der Waals surface area contributed by atoms with Crippen molar-refractivity contribution in [3.8, 4) is 10.6 Å². The molecule has 0 saturated heterocycles. The summed E-state index contributed by atoms with van der Waals surface area (Å²) in [6, 6.07) is 2.17. The number of aryl methyl sites for hydroxylation is 1. The summed E-state index contributed by atoms with van der Waals surface area (Å²) in [5.74, 6) is 0.593. The molecule has 1 saturated carbocycles. The van der Waals surface area contributed by atoms with Gasteiger partial charge in [-0.25, -0.2) is 0 Å². The Morgan fingerprint density at radius 3 is 2.86 bits per heavy atom. The zero-order valence-corrected chi connectivity index (χ0v) is 13.7. The molecule has 1 aliphatic carbocycles. The van der Waals surface area contributed by atoms with Crippen molar-refractivity contribution in [2.45, 2.75) is 52.1 Å². The van der Waals surface area contributed by atoms with E-state index in [1.54, 1.807) is 11.3 Å². The standard InChI is InChI=1S/C17H21N3OS/c1-11-7-15(22-10-11)16-13-8-20(9-14(13)18-19-16)17(21)12-5-3-2-4-6-12/h7,10,12H,2-6,8-9H2,1H3,(H,18,19). The fourth-order valence-corrected chi connectivity index (χ4v) is 4.58. The van der Waals surface area contributed by atoms with Crippen LogP contribution in [-0.4, -0.2) is 21.0 Å². The molecule has 2 aromatic heterocycles. The molecule has 1 fully saturated rings. The molecule has 3 heterocycles. The highest BCUT2D eigenvalue weighted by Gasteiger charge is 2.32. The topological polar surface area (TPSA) is 49.0 Å². The number of nitrogens with zero attached hydrogens (tertiary/aromatic N) is 2. The SMILES string of the molecule is Cc1csc(-c2n[nH]c3c2CN(C(=O)C2CCCCC2)C3)c1. The Balaban J connectivity index is 1.53. The first-order valence-electron chi connectivity index (χ1n) is 8.13. The molecule has 5 heteroatoms. The maximum Gasteiger partial charge on any atom is 0.226 e. The van der Waals surface area contributed by atoms with Crippen LogP contribution in [0.3, 0.4) is 0 Å². The Bertz CT molecular complexity index is 697. The molecular formula is C17H21N3OS. The third-order valence-corrected chi connectivity index (χ3v) is 5.94. The first-order chi connectivity index (χ1) is 10.7. The lowest BCUT2D eigenvalue weighted by Gasteiger charge is -2.26. The van der Waals surface area contributed by atoms with E-state index in [9.17, 15) is 4.79 Å². The summed E-state index contributed by atoms with van der Waals surface area (Å²) in [4.78, 5) is 15.9. The highest BCUT2D eigenvalue weighted by Crippen LogP contribution is 2.35. The molecule has 116 valence electrons. The van der Waals surface area contributed by atoms with Crippen molar-refractivity contribution in [3.63, 3.8) is 0 Å². The summed E-state index contributed by atoms with van der Waals surface area (Å²) < 4.78 is 0. The number of hydrogen-bond donors (Lipinski definition) is 1. The van der Waals surface area contributed by atoms with Gasteiger partial charge in [0.15, 0.2) is 0 Å². The van der Waals surface area contributed by atoms with Crippen LogP contribution >= 0.6 is 11.3 Å². The first kappa shape index (κ1) is 14.0. The Morgan fingerprint density at radius 1 is 1.32 bits per heavy atom. The molecule has 0 aromatic carbocycles. The van der Waals surface area contributed by atoms with E-state index in [1.807, 2.05) is 4.90 Å². The number of thiophene rings is 1. The number of carbonyl (C=O) groups is 1. The predicted octanol–water partition coefficient (Wildman–Crippen LogP) is 3.87. The third-order valence-electron chi connectivity index (χ3n) is 4.88. The van der Waals surface area contributed by atoms with Gasteiger partial charge in [-0.05, 0) is 36.8 Å². The van der Waals surface area contributed by atoms with Crippen molar-refractivity contribution in [1.29, 1.82) is 0 Å². The lowest BCUT2D eigenvalue weighted by atomic mass is 9.88. The predicted molar refractivity (Wildman–Crippen MR) is 87.5 cm³/mol. The Kier molecular flexibility index (Phi) is 3.53. The van der Waals surface area contributed by atoms with Crippen LogP contribution in [0, 0.1) is 12.8 Å². The molecule has 0 bridgehead atoms. The van der Waals surface area contributed by atoms with E-state index in [2.05, 4.69) is 28.6 Å². The monoisotopic (exact) mass is 315 g/mol. The molecule has 1 aliphatic heterocycles. The number of aromatic nitrogens is 2.